The van der Waals surface area contributed by atoms with Crippen LogP contribution in [-0.4, -0.2) is 62.1 Å². The van der Waals surface area contributed by atoms with Crippen molar-refractivity contribution in [1.82, 2.24) is 30.0 Å². The molecule has 1 aliphatic rings. The average molecular weight is 531 g/mol. The van der Waals surface area contributed by atoms with Gasteiger partial charge < -0.3 is 15.5 Å². The molecule has 0 radical (unpaired) electrons. The topological polar surface area (TPSA) is 117 Å². The highest BCUT2D eigenvalue weighted by Gasteiger charge is 2.26. The Hall–Kier alpha value is -4.02. The van der Waals surface area contributed by atoms with Crippen LogP contribution in [0.2, 0.25) is 5.02 Å². The lowest BCUT2D eigenvalue weighted by Gasteiger charge is -2.35. The quantitative estimate of drug-likeness (QED) is 0.256. The van der Waals surface area contributed by atoms with Crippen LogP contribution in [0, 0.1) is 6.92 Å². The molecule has 1 fully saturated rings. The van der Waals surface area contributed by atoms with E-state index in [1.807, 2.05) is 25.1 Å². The lowest BCUT2D eigenvalue weighted by molar-refractivity contribution is -0.126. The molecule has 0 saturated carbocycles. The van der Waals surface area contributed by atoms with Crippen LogP contribution < -0.4 is 10.6 Å². The van der Waals surface area contributed by atoms with Crippen LogP contribution in [0.1, 0.15) is 5.56 Å². The van der Waals surface area contributed by atoms with Gasteiger partial charge in [0.05, 0.1) is 32.8 Å². The lowest BCUT2D eigenvalue weighted by atomic mass is 9.94. The first-order chi connectivity index (χ1) is 18.0. The second kappa shape index (κ2) is 9.13. The maximum atomic E-state index is 12.1. The first-order valence-corrected chi connectivity index (χ1v) is 13.0. The number of anilines is 2. The molecule has 37 heavy (non-hydrogen) atoms. The second-order valence-corrected chi connectivity index (χ2v) is 10.2. The molecule has 1 saturated heterocycles. The maximum absolute atomic E-state index is 12.1. The highest BCUT2D eigenvalue weighted by molar-refractivity contribution is 7.13. The molecular formula is C26H23ClN8OS. The van der Waals surface area contributed by atoms with Gasteiger partial charge in [0.1, 0.15) is 11.3 Å². The number of nitrogens with one attached hydrogen (secondary N) is 1. The average Bonchev–Trinajstić information content (AvgIpc) is 3.62. The summed E-state index contributed by atoms with van der Waals surface area (Å²) in [6, 6.07) is 5.91. The summed E-state index contributed by atoms with van der Waals surface area (Å²) in [6.45, 7) is 7.98. The van der Waals surface area contributed by atoms with E-state index in [0.29, 0.717) is 48.2 Å². The Bertz CT molecular complexity index is 1670. The van der Waals surface area contributed by atoms with Gasteiger partial charge in [-0.1, -0.05) is 24.2 Å². The fourth-order valence-electron chi connectivity index (χ4n) is 4.90. The molecule has 0 aliphatic carbocycles. The van der Waals surface area contributed by atoms with Crippen molar-refractivity contribution in [3.8, 4) is 21.8 Å². The number of benzene rings is 2. The number of H-pyrrole nitrogens is 1. The van der Waals surface area contributed by atoms with E-state index in [1.54, 1.807) is 22.8 Å². The van der Waals surface area contributed by atoms with Crippen LogP contribution in [0.4, 0.5) is 11.5 Å². The van der Waals surface area contributed by atoms with E-state index in [1.165, 1.54) is 17.4 Å². The van der Waals surface area contributed by atoms with Crippen molar-refractivity contribution in [3.05, 3.63) is 59.3 Å². The second-order valence-electron chi connectivity index (χ2n) is 8.88. The molecule has 1 aliphatic heterocycles. The minimum absolute atomic E-state index is 0.0710. The molecule has 3 N–H and O–H groups in total. The summed E-state index contributed by atoms with van der Waals surface area (Å²) in [4.78, 5) is 30.9. The number of hydrogen-bond acceptors (Lipinski definition) is 8. The molecular weight excluding hydrogens is 508 g/mol. The number of nitrogens with two attached hydrogens (primary N) is 1. The monoisotopic (exact) mass is 530 g/mol. The Morgan fingerprint density at radius 3 is 2.70 bits per heavy atom. The zero-order valence-corrected chi connectivity index (χ0v) is 21.6. The molecule has 2 aromatic carbocycles. The molecule has 3 aromatic heterocycles. The van der Waals surface area contributed by atoms with E-state index in [9.17, 15) is 4.79 Å². The number of halogens is 1. The van der Waals surface area contributed by atoms with E-state index in [-0.39, 0.29) is 5.91 Å². The number of aryl methyl sites for hydroxylation is 1. The van der Waals surface area contributed by atoms with Crippen LogP contribution in [0.25, 0.3) is 43.6 Å². The number of carbonyl (C=O) groups is 1. The van der Waals surface area contributed by atoms with Crippen molar-refractivity contribution in [2.45, 2.75) is 6.92 Å². The Labute approximate surface area is 221 Å². The molecule has 0 unspecified atom stereocenters. The van der Waals surface area contributed by atoms with Gasteiger partial charge in [-0.05, 0) is 36.3 Å². The van der Waals surface area contributed by atoms with Crippen LogP contribution in [0.3, 0.4) is 0 Å². The summed E-state index contributed by atoms with van der Waals surface area (Å²) >= 11 is 8.42. The van der Waals surface area contributed by atoms with Gasteiger partial charge in [-0.15, -0.1) is 11.3 Å². The van der Waals surface area contributed by atoms with Gasteiger partial charge in [0, 0.05) is 48.7 Å². The Kier molecular flexibility index (Phi) is 5.77. The number of amides is 1. The molecule has 0 atom stereocenters. The van der Waals surface area contributed by atoms with E-state index >= 15 is 0 Å². The Morgan fingerprint density at radius 1 is 1.16 bits per heavy atom. The number of aromatic nitrogens is 5. The van der Waals surface area contributed by atoms with Crippen molar-refractivity contribution in [3.63, 3.8) is 0 Å². The summed E-state index contributed by atoms with van der Waals surface area (Å²) in [5.41, 5.74) is 13.3. The van der Waals surface area contributed by atoms with Crippen molar-refractivity contribution >= 4 is 62.2 Å². The van der Waals surface area contributed by atoms with Crippen molar-refractivity contribution < 1.29 is 4.79 Å². The Balaban J connectivity index is 1.56. The number of fused-ring (bicyclic) bond motifs is 2. The number of rotatable bonds is 4. The molecule has 4 heterocycles. The number of carbonyl (C=O) groups excluding carboxylic acids is 1. The number of piperazine rings is 1. The first kappa shape index (κ1) is 23.4. The number of nitrogen functional groups attached to an aromatic ring is 1. The molecule has 1 amide bonds. The van der Waals surface area contributed by atoms with Gasteiger partial charge in [0.15, 0.2) is 5.82 Å². The van der Waals surface area contributed by atoms with Gasteiger partial charge in [-0.3, -0.25) is 14.9 Å². The molecule has 0 spiro atoms. The van der Waals surface area contributed by atoms with Gasteiger partial charge in [0.25, 0.3) is 0 Å². The first-order valence-electron chi connectivity index (χ1n) is 11.7. The largest absolute Gasteiger partial charge is 0.396 e. The molecule has 11 heteroatoms. The summed E-state index contributed by atoms with van der Waals surface area (Å²) in [6.07, 6.45) is 4.89. The number of thiazole rings is 1. The summed E-state index contributed by atoms with van der Waals surface area (Å²) < 4.78 is 0. The number of aromatic amines is 1. The van der Waals surface area contributed by atoms with Crippen molar-refractivity contribution in [2.24, 2.45) is 0 Å². The normalized spacial score (nSPS) is 14.0. The minimum Gasteiger partial charge on any atom is -0.396 e. The summed E-state index contributed by atoms with van der Waals surface area (Å²) in [5.74, 6) is 1.21. The predicted molar refractivity (Wildman–Crippen MR) is 149 cm³/mol. The fraction of sp³-hybridized carbons (Fsp3) is 0.192. The predicted octanol–water partition coefficient (Wildman–Crippen LogP) is 4.68. The summed E-state index contributed by atoms with van der Waals surface area (Å²) in [7, 11) is 0. The zero-order chi connectivity index (χ0) is 25.7. The highest BCUT2D eigenvalue weighted by Crippen LogP contribution is 2.44. The van der Waals surface area contributed by atoms with Crippen molar-refractivity contribution in [1.29, 1.82) is 0 Å². The van der Waals surface area contributed by atoms with E-state index < -0.39 is 0 Å². The van der Waals surface area contributed by atoms with Crippen LogP contribution in [-0.2, 0) is 4.79 Å². The number of hydrogen-bond donors (Lipinski definition) is 2. The molecule has 186 valence electrons. The fourth-order valence-corrected chi connectivity index (χ4v) is 5.76. The molecule has 5 aromatic rings. The van der Waals surface area contributed by atoms with E-state index in [2.05, 4.69) is 26.7 Å². The smallest absolute Gasteiger partial charge is 0.246 e. The van der Waals surface area contributed by atoms with Crippen molar-refractivity contribution in [2.75, 3.05) is 36.8 Å². The molecule has 0 bridgehead atoms. The third-order valence-electron chi connectivity index (χ3n) is 6.76. The van der Waals surface area contributed by atoms with Crippen LogP contribution in [0.5, 0.6) is 0 Å². The number of nitrogens with zero attached hydrogens (tertiary/aromatic N) is 6. The SMILES string of the molecule is C=CC(=O)N1CCN(c2nc(-c3cncs3)nc3c(N)c(-c4c(C)ccc5[nH]ncc45)c(Cl)cc23)CC1. The third kappa shape index (κ3) is 3.89. The summed E-state index contributed by atoms with van der Waals surface area (Å²) in [5, 5.41) is 9.45. The van der Waals surface area contributed by atoms with Gasteiger partial charge in [-0.25, -0.2) is 9.97 Å². The Morgan fingerprint density at radius 2 is 1.97 bits per heavy atom. The van der Waals surface area contributed by atoms with Crippen LogP contribution >= 0.6 is 22.9 Å². The van der Waals surface area contributed by atoms with Crippen LogP contribution in [0.15, 0.2) is 48.8 Å². The van der Waals surface area contributed by atoms with Gasteiger partial charge >= 0.3 is 0 Å². The van der Waals surface area contributed by atoms with E-state index in [4.69, 9.17) is 27.3 Å². The van der Waals surface area contributed by atoms with Gasteiger partial charge in [0.2, 0.25) is 5.91 Å². The van der Waals surface area contributed by atoms with Gasteiger partial charge in [-0.2, -0.15) is 5.10 Å². The maximum Gasteiger partial charge on any atom is 0.246 e. The third-order valence-corrected chi connectivity index (χ3v) is 7.83. The standard InChI is InChI=1S/C26H23ClN8OS/c1-3-20(36)34-6-8-35(9-7-34)26-15-10-17(27)22(21-14(2)4-5-18-16(21)11-30-33-18)23(28)24(15)31-25(32-26)19-12-29-13-37-19/h3-5,10-13H,1,6-9,28H2,2H3,(H,30,33). The minimum atomic E-state index is -0.0710. The lowest BCUT2D eigenvalue weighted by Crippen LogP contribution is -2.48. The molecule has 6 rings (SSSR count). The molecule has 9 nitrogen and oxygen atoms in total. The zero-order valence-electron chi connectivity index (χ0n) is 20.0. The highest BCUT2D eigenvalue weighted by atomic mass is 35.5. The van der Waals surface area contributed by atoms with E-state index in [0.717, 1.165) is 43.7 Å².